The van der Waals surface area contributed by atoms with Crippen LogP contribution in [0.5, 0.6) is 0 Å². The van der Waals surface area contributed by atoms with Crippen molar-refractivity contribution in [2.24, 2.45) is 5.73 Å². The van der Waals surface area contributed by atoms with Crippen LogP contribution in [-0.4, -0.2) is 21.7 Å². The Kier molecular flexibility index (Phi) is 3.63. The molecule has 0 fully saturated rings. The van der Waals surface area contributed by atoms with Crippen LogP contribution in [0.3, 0.4) is 0 Å². The van der Waals surface area contributed by atoms with Crippen molar-refractivity contribution in [3.05, 3.63) is 27.8 Å². The highest BCUT2D eigenvalue weighted by Crippen LogP contribution is 2.12. The Bertz CT molecular complexity index is 451. The molecule has 0 spiro atoms. The summed E-state index contributed by atoms with van der Waals surface area (Å²) in [6.45, 7) is 2.62. The zero-order chi connectivity index (χ0) is 11.4. The summed E-state index contributed by atoms with van der Waals surface area (Å²) in [6.07, 6.45) is 2.27. The number of aromatic nitrogens is 3. The molecule has 86 valence electrons. The average molecular weight is 238 g/mol. The number of rotatable bonds is 5. The van der Waals surface area contributed by atoms with Crippen LogP contribution in [0, 0.1) is 6.92 Å². The van der Waals surface area contributed by atoms with Gasteiger partial charge in [-0.25, -0.2) is 4.98 Å². The van der Waals surface area contributed by atoms with E-state index in [1.54, 1.807) is 11.3 Å². The summed E-state index contributed by atoms with van der Waals surface area (Å²) >= 11 is 1.62. The maximum absolute atomic E-state index is 5.41. The van der Waals surface area contributed by atoms with Crippen molar-refractivity contribution in [2.45, 2.75) is 26.2 Å². The second kappa shape index (κ2) is 5.18. The molecule has 0 aliphatic heterocycles. The van der Waals surface area contributed by atoms with E-state index in [4.69, 9.17) is 10.3 Å². The standard InChI is InChI=1S/C10H14N4OS/c1-7-6-16-10(12-7)5-8-13-9(15-14-8)3-2-4-11/h6H,2-5,11H2,1H3. The lowest BCUT2D eigenvalue weighted by Crippen LogP contribution is -2.00. The lowest BCUT2D eigenvalue weighted by Gasteiger charge is -1.89. The van der Waals surface area contributed by atoms with E-state index in [0.717, 1.165) is 23.5 Å². The maximum atomic E-state index is 5.41. The van der Waals surface area contributed by atoms with Gasteiger partial charge in [-0.15, -0.1) is 11.3 Å². The molecule has 16 heavy (non-hydrogen) atoms. The van der Waals surface area contributed by atoms with Crippen molar-refractivity contribution in [1.82, 2.24) is 15.1 Å². The van der Waals surface area contributed by atoms with Crippen LogP contribution < -0.4 is 5.73 Å². The average Bonchev–Trinajstić information content (AvgIpc) is 2.86. The molecule has 0 aliphatic carbocycles. The Hall–Kier alpha value is -1.27. The normalized spacial score (nSPS) is 10.9. The summed E-state index contributed by atoms with van der Waals surface area (Å²) in [5.74, 6) is 1.36. The second-order valence-electron chi connectivity index (χ2n) is 3.56. The van der Waals surface area contributed by atoms with Crippen molar-refractivity contribution >= 4 is 11.3 Å². The molecule has 6 heteroatoms. The number of hydrogen-bond acceptors (Lipinski definition) is 6. The Morgan fingerprint density at radius 3 is 3.00 bits per heavy atom. The van der Waals surface area contributed by atoms with Crippen molar-refractivity contribution in [2.75, 3.05) is 6.54 Å². The summed E-state index contributed by atoms with van der Waals surface area (Å²) in [5, 5.41) is 6.95. The van der Waals surface area contributed by atoms with Crippen molar-refractivity contribution in [1.29, 1.82) is 0 Å². The Labute approximate surface area is 97.7 Å². The molecule has 0 saturated carbocycles. The monoisotopic (exact) mass is 238 g/mol. The molecule has 0 atom stereocenters. The molecule has 0 aromatic carbocycles. The van der Waals surface area contributed by atoms with Gasteiger partial charge in [-0.1, -0.05) is 5.16 Å². The highest BCUT2D eigenvalue weighted by molar-refractivity contribution is 7.09. The fraction of sp³-hybridized carbons (Fsp3) is 0.500. The molecule has 2 heterocycles. The molecular weight excluding hydrogens is 224 g/mol. The third-order valence-corrected chi connectivity index (χ3v) is 3.05. The minimum atomic E-state index is 0.642. The van der Waals surface area contributed by atoms with Crippen LogP contribution in [0.1, 0.15) is 28.8 Å². The SMILES string of the molecule is Cc1csc(Cc2noc(CCCN)n2)n1. The van der Waals surface area contributed by atoms with Crippen LogP contribution in [0.2, 0.25) is 0 Å². The Morgan fingerprint density at radius 2 is 2.31 bits per heavy atom. The molecule has 2 aromatic heterocycles. The largest absolute Gasteiger partial charge is 0.339 e. The van der Waals surface area contributed by atoms with E-state index < -0.39 is 0 Å². The van der Waals surface area contributed by atoms with Gasteiger partial charge in [-0.05, 0) is 19.9 Å². The number of nitrogens with zero attached hydrogens (tertiary/aromatic N) is 3. The highest BCUT2D eigenvalue weighted by atomic mass is 32.1. The number of aryl methyl sites for hydroxylation is 2. The van der Waals surface area contributed by atoms with Gasteiger partial charge in [0.1, 0.15) is 5.01 Å². The number of thiazole rings is 1. The van der Waals surface area contributed by atoms with Gasteiger partial charge in [0.25, 0.3) is 0 Å². The van der Waals surface area contributed by atoms with Crippen molar-refractivity contribution in [3.63, 3.8) is 0 Å². The van der Waals surface area contributed by atoms with E-state index in [0.29, 0.717) is 24.7 Å². The predicted octanol–water partition coefficient (Wildman–Crippen LogP) is 1.32. The van der Waals surface area contributed by atoms with Crippen LogP contribution in [-0.2, 0) is 12.8 Å². The summed E-state index contributed by atoms with van der Waals surface area (Å²) in [4.78, 5) is 8.64. The molecule has 2 N–H and O–H groups in total. The molecular formula is C10H14N4OS. The van der Waals surface area contributed by atoms with Gasteiger partial charge in [-0.2, -0.15) is 4.98 Å². The van der Waals surface area contributed by atoms with E-state index in [-0.39, 0.29) is 0 Å². The molecule has 0 aliphatic rings. The zero-order valence-electron chi connectivity index (χ0n) is 9.14. The van der Waals surface area contributed by atoms with Crippen LogP contribution in [0.4, 0.5) is 0 Å². The van der Waals surface area contributed by atoms with Crippen LogP contribution in [0.25, 0.3) is 0 Å². The van der Waals surface area contributed by atoms with Gasteiger partial charge < -0.3 is 10.3 Å². The molecule has 2 rings (SSSR count). The fourth-order valence-corrected chi connectivity index (χ4v) is 2.10. The quantitative estimate of drug-likeness (QED) is 0.850. The summed E-state index contributed by atoms with van der Waals surface area (Å²) in [7, 11) is 0. The summed E-state index contributed by atoms with van der Waals surface area (Å²) in [5.41, 5.74) is 6.45. The minimum absolute atomic E-state index is 0.642. The van der Waals surface area contributed by atoms with E-state index in [9.17, 15) is 0 Å². The Morgan fingerprint density at radius 1 is 1.44 bits per heavy atom. The van der Waals surface area contributed by atoms with Gasteiger partial charge >= 0.3 is 0 Å². The third-order valence-electron chi connectivity index (χ3n) is 2.08. The summed E-state index contributed by atoms with van der Waals surface area (Å²) in [6, 6.07) is 0. The van der Waals surface area contributed by atoms with Crippen LogP contribution >= 0.6 is 11.3 Å². The maximum Gasteiger partial charge on any atom is 0.226 e. The van der Waals surface area contributed by atoms with E-state index >= 15 is 0 Å². The van der Waals surface area contributed by atoms with Crippen molar-refractivity contribution in [3.8, 4) is 0 Å². The van der Waals surface area contributed by atoms with Crippen molar-refractivity contribution < 1.29 is 4.52 Å². The topological polar surface area (TPSA) is 77.8 Å². The summed E-state index contributed by atoms with van der Waals surface area (Å²) < 4.78 is 5.11. The number of nitrogens with two attached hydrogens (primary N) is 1. The molecule has 0 unspecified atom stereocenters. The molecule has 0 bridgehead atoms. The smallest absolute Gasteiger partial charge is 0.226 e. The van der Waals surface area contributed by atoms with Gasteiger partial charge in [-0.3, -0.25) is 0 Å². The van der Waals surface area contributed by atoms with Gasteiger partial charge in [0.2, 0.25) is 5.89 Å². The number of hydrogen-bond donors (Lipinski definition) is 1. The van der Waals surface area contributed by atoms with Gasteiger partial charge in [0.15, 0.2) is 5.82 Å². The van der Waals surface area contributed by atoms with E-state index in [2.05, 4.69) is 15.1 Å². The highest BCUT2D eigenvalue weighted by Gasteiger charge is 2.08. The fourth-order valence-electron chi connectivity index (χ4n) is 1.34. The molecule has 5 nitrogen and oxygen atoms in total. The molecule has 0 amide bonds. The first kappa shape index (κ1) is 11.2. The second-order valence-corrected chi connectivity index (χ2v) is 4.50. The van der Waals surface area contributed by atoms with Crippen LogP contribution in [0.15, 0.2) is 9.90 Å². The van der Waals surface area contributed by atoms with Gasteiger partial charge in [0.05, 0.1) is 6.42 Å². The minimum Gasteiger partial charge on any atom is -0.339 e. The van der Waals surface area contributed by atoms with E-state index in [1.807, 2.05) is 12.3 Å². The van der Waals surface area contributed by atoms with E-state index in [1.165, 1.54) is 0 Å². The predicted molar refractivity (Wildman–Crippen MR) is 61.3 cm³/mol. The van der Waals surface area contributed by atoms with Gasteiger partial charge in [0, 0.05) is 17.5 Å². The lowest BCUT2D eigenvalue weighted by molar-refractivity contribution is 0.371. The molecule has 2 aromatic rings. The molecule has 0 radical (unpaired) electrons. The first-order valence-electron chi connectivity index (χ1n) is 5.20. The molecule has 0 saturated heterocycles. The first-order chi connectivity index (χ1) is 7.78. The zero-order valence-corrected chi connectivity index (χ0v) is 9.96. The first-order valence-corrected chi connectivity index (χ1v) is 6.08. The Balaban J connectivity index is 1.97. The third kappa shape index (κ3) is 2.86. The lowest BCUT2D eigenvalue weighted by atomic mass is 10.3.